The maximum Gasteiger partial charge on any atom is 0.326 e. The number of carboxylic acid groups (broad SMARTS) is 1. The number of hydrogen-bond acceptors (Lipinski definition) is 29. The summed E-state index contributed by atoms with van der Waals surface area (Å²) in [5, 5.41) is 134. The van der Waals surface area contributed by atoms with Crippen LogP contribution in [0.4, 0.5) is 0 Å². The molecule has 0 saturated heterocycles. The van der Waals surface area contributed by atoms with E-state index in [1.165, 1.54) is 19.4 Å². The summed E-state index contributed by atoms with van der Waals surface area (Å²) in [5.41, 5.74) is 5.77. The van der Waals surface area contributed by atoms with Gasteiger partial charge in [0.1, 0.15) is 78.5 Å². The molecule has 0 unspecified atom stereocenters. The number of imidazole rings is 1. The third-order valence-electron chi connectivity index (χ3n) is 14.2. The molecule has 0 aromatic carbocycles. The minimum Gasteiger partial charge on any atom is -0.480 e. The first-order chi connectivity index (χ1) is 49.3. The third kappa shape index (κ3) is 34.0. The summed E-state index contributed by atoms with van der Waals surface area (Å²) in [4.78, 5) is 236. The lowest BCUT2D eigenvalue weighted by atomic mass is 10.0. The number of carboxylic acids is 1. The smallest absolute Gasteiger partial charge is 0.326 e. The SMILES string of the molecule is CC(C)C[C@H](NC(=O)[C@H](Cc1cnc[nH]1)NC(=O)[C@@H](NC(=O)[C@H](C)NC(=O)[C@H](CO)NC(=O)CNC(=O)[C@H](CO)NC(=O)CNC(=O)[C@H](CO)NC(=O)[C@H](CO)NC(=O)[C@H](C)NC(=O)[C@H](CO)NC(=O)[C@H](CO)NC(=O)CNC(=O)[C@H](CO)NC(=O)CNC(=O)CNC(=O)[C@@H](N)[C@@H](C)O)[C@@H](C)O)C(=O)O. The van der Waals surface area contributed by atoms with Crippen LogP contribution in [0.3, 0.4) is 0 Å². The second kappa shape index (κ2) is 47.5. The third-order valence-corrected chi connectivity index (χ3v) is 14.2. The molecule has 48 heteroatoms. The lowest BCUT2D eigenvalue weighted by molar-refractivity contribution is -0.143. The number of amides is 17. The van der Waals surface area contributed by atoms with Crippen molar-refractivity contribution in [2.24, 2.45) is 11.7 Å². The first-order valence-electron chi connectivity index (χ1n) is 31.9. The molecule has 0 fully saturated rings. The Bertz CT molecular complexity index is 3160. The van der Waals surface area contributed by atoms with Crippen molar-refractivity contribution >= 4 is 106 Å². The minimum atomic E-state index is -1.93. The van der Waals surface area contributed by atoms with Crippen LogP contribution in [0.2, 0.25) is 0 Å². The monoisotopic (exact) mass is 1510 g/mol. The van der Waals surface area contributed by atoms with E-state index < -0.39 is 276 Å². The van der Waals surface area contributed by atoms with Crippen molar-refractivity contribution in [2.45, 2.75) is 145 Å². The van der Waals surface area contributed by atoms with Crippen LogP contribution in [0.1, 0.15) is 53.7 Å². The summed E-state index contributed by atoms with van der Waals surface area (Å²) in [5.74, 6) is -21.0. The van der Waals surface area contributed by atoms with E-state index in [-0.39, 0.29) is 18.8 Å². The lowest BCUT2D eigenvalue weighted by Crippen LogP contribution is -2.61. The summed E-state index contributed by atoms with van der Waals surface area (Å²) in [7, 11) is 0. The molecule has 0 spiro atoms. The molecule has 30 N–H and O–H groups in total. The van der Waals surface area contributed by atoms with Crippen molar-refractivity contribution in [3.63, 3.8) is 0 Å². The molecule has 48 nitrogen and oxygen atoms in total. The largest absolute Gasteiger partial charge is 0.480 e. The Kier molecular flexibility index (Phi) is 41.8. The van der Waals surface area contributed by atoms with Crippen molar-refractivity contribution in [3.05, 3.63) is 18.2 Å². The number of nitrogens with zero attached hydrogens (tertiary/aromatic N) is 1. The van der Waals surface area contributed by atoms with Crippen LogP contribution < -0.4 is 96.1 Å². The molecule has 590 valence electrons. The number of H-pyrrole nitrogens is 1. The van der Waals surface area contributed by atoms with Gasteiger partial charge >= 0.3 is 5.97 Å². The molecule has 1 rings (SSSR count). The second-order valence-electron chi connectivity index (χ2n) is 23.4. The molecule has 1 aromatic heterocycles. The quantitative estimate of drug-likeness (QED) is 0.0288. The Morgan fingerprint density at radius 1 is 0.362 bits per heavy atom. The average molecular weight is 1510 g/mol. The predicted octanol–water partition coefficient (Wildman–Crippen LogP) is -18.4. The molecule has 17 amide bonds. The number of rotatable bonds is 48. The van der Waals surface area contributed by atoms with Gasteiger partial charge in [-0.15, -0.1) is 0 Å². The fourth-order valence-corrected chi connectivity index (χ4v) is 8.29. The van der Waals surface area contributed by atoms with Crippen molar-refractivity contribution in [1.29, 1.82) is 0 Å². The zero-order valence-corrected chi connectivity index (χ0v) is 57.6. The van der Waals surface area contributed by atoms with E-state index in [2.05, 4.69) is 57.8 Å². The molecule has 0 saturated carbocycles. The molecule has 1 aromatic rings. The van der Waals surface area contributed by atoms with E-state index >= 15 is 0 Å². The number of nitrogens with one attached hydrogen (secondary N) is 18. The highest BCUT2D eigenvalue weighted by molar-refractivity contribution is 6.00. The summed E-state index contributed by atoms with van der Waals surface area (Å²) in [6.07, 6.45) is -0.482. The highest BCUT2D eigenvalue weighted by atomic mass is 16.4. The van der Waals surface area contributed by atoms with Crippen LogP contribution >= 0.6 is 0 Å². The number of aliphatic hydroxyl groups is 9. The van der Waals surface area contributed by atoms with E-state index in [1.807, 2.05) is 42.5 Å². The number of aromatic amines is 1. The van der Waals surface area contributed by atoms with Crippen LogP contribution in [-0.2, 0) is 92.7 Å². The molecule has 105 heavy (non-hydrogen) atoms. The van der Waals surface area contributed by atoms with Crippen LogP contribution in [0.25, 0.3) is 0 Å². The van der Waals surface area contributed by atoms with E-state index in [9.17, 15) is 137 Å². The summed E-state index contributed by atoms with van der Waals surface area (Å²) in [6, 6.07) is -22.1. The van der Waals surface area contributed by atoms with Crippen LogP contribution in [0.5, 0.6) is 0 Å². The van der Waals surface area contributed by atoms with Crippen LogP contribution in [0.15, 0.2) is 12.5 Å². The van der Waals surface area contributed by atoms with E-state index in [1.54, 1.807) is 13.8 Å². The highest BCUT2D eigenvalue weighted by Gasteiger charge is 2.36. The standard InChI is InChI=1S/C57H94N20O28/c1-23(2)7-30(57(104)105)73-50(97)29(8-28-9-59-22-65-28)72-56(103)44(27(6)86)77-46(93)25(4)67-51(98)34(18-81)70-41(90)13-61-48(95)32(16-79)69-40(89)12-63-49(96)33(17-80)75-54(101)37(21-84)74-45(92)24(3)66-52(99)36(20-83)76-53(100)35(19-82)71-42(91)14-62-47(94)31(15-78)68-39(88)11-60-38(87)10-64-55(102)43(58)26(5)85/h9,22-27,29-37,43-44,78-86H,7-8,10-21,58H2,1-6H3,(H,59,65)(H,60,87)(H,61,95)(H,62,94)(H,63,96)(H,64,102)(H,66,99)(H,67,98)(H,68,88)(H,69,89)(H,70,90)(H,71,91)(H,72,103)(H,73,97)(H,74,92)(H,75,101)(H,76,100)(H,77,93)(H,104,105)/t24-,25-,26+,27+,29-,30-,31-,32-,33-,34-,35-,36-,37-,43-,44-/m0/s1. The van der Waals surface area contributed by atoms with Gasteiger partial charge in [0.2, 0.25) is 100 Å². The van der Waals surface area contributed by atoms with Crippen LogP contribution in [0, 0.1) is 5.92 Å². The number of carbonyl (C=O) groups is 18. The highest BCUT2D eigenvalue weighted by Crippen LogP contribution is 2.08. The molecule has 0 aliphatic heterocycles. The maximum absolute atomic E-state index is 13.5. The summed E-state index contributed by atoms with van der Waals surface area (Å²) in [6.45, 7) is -4.39. The minimum absolute atomic E-state index is 0.0308. The zero-order valence-electron chi connectivity index (χ0n) is 57.6. The van der Waals surface area contributed by atoms with Gasteiger partial charge in [0.05, 0.1) is 97.5 Å². The Balaban J connectivity index is 2.76. The molecule has 1 heterocycles. The van der Waals surface area contributed by atoms with Gasteiger partial charge in [-0.25, -0.2) is 9.78 Å². The molecule has 0 radical (unpaired) electrons. The zero-order chi connectivity index (χ0) is 80.0. The summed E-state index contributed by atoms with van der Waals surface area (Å²) >= 11 is 0. The molecule has 0 aliphatic rings. The number of hydrogen-bond donors (Lipinski definition) is 29. The van der Waals surface area contributed by atoms with Gasteiger partial charge in [-0.1, -0.05) is 13.8 Å². The van der Waals surface area contributed by atoms with E-state index in [0.717, 1.165) is 20.8 Å². The van der Waals surface area contributed by atoms with Gasteiger partial charge in [-0.3, -0.25) is 81.5 Å². The molecular formula is C57H94N20O28. The first-order valence-corrected chi connectivity index (χ1v) is 31.9. The predicted molar refractivity (Wildman–Crippen MR) is 350 cm³/mol. The van der Waals surface area contributed by atoms with Crippen molar-refractivity contribution < 1.29 is 137 Å². The van der Waals surface area contributed by atoms with Crippen molar-refractivity contribution in [1.82, 2.24) is 100 Å². The van der Waals surface area contributed by atoms with E-state index in [4.69, 9.17) is 5.73 Å². The number of nitrogens with two attached hydrogens (primary N) is 1. The van der Waals surface area contributed by atoms with Gasteiger partial charge in [-0.2, -0.15) is 0 Å². The Hall–Kier alpha value is -10.7. The number of aliphatic carboxylic acids is 1. The van der Waals surface area contributed by atoms with Gasteiger partial charge in [0, 0.05) is 18.3 Å². The fourth-order valence-electron chi connectivity index (χ4n) is 8.29. The van der Waals surface area contributed by atoms with Gasteiger partial charge in [0.25, 0.3) is 0 Å². The maximum atomic E-state index is 13.5. The topological polar surface area (TPSA) is 769 Å². The number of carbonyl (C=O) groups excluding carboxylic acids is 17. The Morgan fingerprint density at radius 3 is 1.02 bits per heavy atom. The van der Waals surface area contributed by atoms with Gasteiger partial charge in [0.15, 0.2) is 0 Å². The molecular weight excluding hydrogens is 1410 g/mol. The normalized spacial score (nSPS) is 15.2. The van der Waals surface area contributed by atoms with Crippen molar-refractivity contribution in [3.8, 4) is 0 Å². The lowest BCUT2D eigenvalue weighted by Gasteiger charge is -2.27. The molecule has 0 bridgehead atoms. The average Bonchev–Trinajstić information content (AvgIpc) is 1.82. The van der Waals surface area contributed by atoms with Crippen LogP contribution in [-0.4, -0.2) is 337 Å². The number of aliphatic hydroxyl groups excluding tert-OH is 9. The number of aromatic nitrogens is 2. The van der Waals surface area contributed by atoms with Gasteiger partial charge < -0.3 is 152 Å². The first kappa shape index (κ1) is 92.3. The van der Waals surface area contributed by atoms with Gasteiger partial charge in [-0.05, 0) is 40.0 Å². The Labute approximate surface area is 596 Å². The summed E-state index contributed by atoms with van der Waals surface area (Å²) < 4.78 is 0. The second-order valence-corrected chi connectivity index (χ2v) is 23.4. The molecule has 15 atom stereocenters. The van der Waals surface area contributed by atoms with Crippen molar-refractivity contribution in [2.75, 3.05) is 79.0 Å². The van der Waals surface area contributed by atoms with E-state index in [0.29, 0.717) is 5.69 Å². The fraction of sp³-hybridized carbons (Fsp3) is 0.632. The molecule has 0 aliphatic carbocycles. The Morgan fingerprint density at radius 2 is 0.667 bits per heavy atom.